The molecule has 1 aromatic carbocycles. The number of aryl methyl sites for hydroxylation is 1. The molecular weight excluding hydrogens is 288 g/mol. The molecule has 4 nitrogen and oxygen atoms in total. The Balaban J connectivity index is 2.24. The highest BCUT2D eigenvalue weighted by molar-refractivity contribution is 6.34. The number of benzene rings is 1. The number of halogens is 1. The molecule has 2 N–H and O–H groups in total. The number of anilines is 1. The van der Waals surface area contributed by atoms with Crippen LogP contribution in [0.2, 0.25) is 5.02 Å². The Hall–Kier alpha value is -2.22. The van der Waals surface area contributed by atoms with Crippen molar-refractivity contribution in [3.05, 3.63) is 52.8 Å². The summed E-state index contributed by atoms with van der Waals surface area (Å²) in [6.45, 7) is 2.47. The highest BCUT2D eigenvalue weighted by atomic mass is 35.5. The average Bonchev–Trinajstić information content (AvgIpc) is 2.96. The van der Waals surface area contributed by atoms with Gasteiger partial charge in [-0.05, 0) is 37.3 Å². The van der Waals surface area contributed by atoms with Gasteiger partial charge in [-0.25, -0.2) is 0 Å². The van der Waals surface area contributed by atoms with Gasteiger partial charge in [0.05, 0.1) is 10.7 Å². The molecule has 2 rings (SSSR count). The van der Waals surface area contributed by atoms with Crippen LogP contribution in [0.25, 0.3) is 0 Å². The number of aromatic nitrogens is 1. The summed E-state index contributed by atoms with van der Waals surface area (Å²) in [5.74, 6) is 5.11. The molecule has 1 aromatic heterocycles. The van der Waals surface area contributed by atoms with E-state index in [-0.39, 0.29) is 12.5 Å². The number of hydrogen-bond acceptors (Lipinski definition) is 2. The van der Waals surface area contributed by atoms with Gasteiger partial charge in [0.2, 0.25) is 0 Å². The van der Waals surface area contributed by atoms with E-state index in [1.165, 1.54) is 0 Å². The maximum atomic E-state index is 12.3. The lowest BCUT2D eigenvalue weighted by Crippen LogP contribution is -2.16. The molecule has 1 amide bonds. The van der Waals surface area contributed by atoms with Gasteiger partial charge < -0.3 is 15.0 Å². The Bertz CT molecular complexity index is 711. The highest BCUT2D eigenvalue weighted by Crippen LogP contribution is 2.23. The second-order valence-electron chi connectivity index (χ2n) is 4.29. The minimum absolute atomic E-state index is 0.214. The lowest BCUT2D eigenvalue weighted by molar-refractivity contribution is 0.101. The van der Waals surface area contributed by atoms with Gasteiger partial charge in [-0.1, -0.05) is 23.4 Å². The van der Waals surface area contributed by atoms with Crippen molar-refractivity contribution in [2.24, 2.45) is 0 Å². The van der Waals surface area contributed by atoms with Gasteiger partial charge in [0.25, 0.3) is 5.91 Å². The fourth-order valence-electron chi connectivity index (χ4n) is 1.92. The Morgan fingerprint density at radius 1 is 1.43 bits per heavy atom. The van der Waals surface area contributed by atoms with E-state index in [1.807, 2.05) is 23.8 Å². The third-order valence-electron chi connectivity index (χ3n) is 2.93. The first-order valence-electron chi connectivity index (χ1n) is 6.51. The van der Waals surface area contributed by atoms with Crippen molar-refractivity contribution in [1.82, 2.24) is 4.57 Å². The van der Waals surface area contributed by atoms with Crippen LogP contribution in [-0.4, -0.2) is 22.2 Å². The summed E-state index contributed by atoms with van der Waals surface area (Å²) in [6.07, 6.45) is 1.85. The van der Waals surface area contributed by atoms with Crippen molar-refractivity contribution in [3.63, 3.8) is 0 Å². The number of nitrogens with zero attached hydrogens (tertiary/aromatic N) is 1. The van der Waals surface area contributed by atoms with Crippen LogP contribution >= 0.6 is 11.6 Å². The topological polar surface area (TPSA) is 54.3 Å². The quantitative estimate of drug-likeness (QED) is 0.857. The summed E-state index contributed by atoms with van der Waals surface area (Å²) in [6, 6.07) is 8.65. The van der Waals surface area contributed by atoms with Crippen LogP contribution < -0.4 is 5.32 Å². The van der Waals surface area contributed by atoms with Crippen LogP contribution in [0, 0.1) is 11.8 Å². The molecule has 0 aliphatic heterocycles. The van der Waals surface area contributed by atoms with E-state index >= 15 is 0 Å². The molecule has 0 unspecified atom stereocenters. The SMILES string of the molecule is CCn1cccc1C(=O)Nc1cc(C#CCO)ccc1Cl. The fourth-order valence-corrected chi connectivity index (χ4v) is 2.09. The fraction of sp³-hybridized carbons (Fsp3) is 0.188. The molecule has 0 atom stereocenters. The van der Waals surface area contributed by atoms with Crippen molar-refractivity contribution in [1.29, 1.82) is 0 Å². The van der Waals surface area contributed by atoms with Crippen LogP contribution in [0.15, 0.2) is 36.5 Å². The minimum Gasteiger partial charge on any atom is -0.384 e. The predicted octanol–water partition coefficient (Wildman–Crippen LogP) is 2.76. The van der Waals surface area contributed by atoms with Crippen LogP contribution in [0.5, 0.6) is 0 Å². The normalized spacial score (nSPS) is 9.86. The van der Waals surface area contributed by atoms with Gasteiger partial charge in [0.1, 0.15) is 12.3 Å². The van der Waals surface area contributed by atoms with E-state index in [2.05, 4.69) is 17.2 Å². The van der Waals surface area contributed by atoms with Crippen molar-refractivity contribution in [2.75, 3.05) is 11.9 Å². The van der Waals surface area contributed by atoms with Crippen molar-refractivity contribution in [2.45, 2.75) is 13.5 Å². The zero-order valence-corrected chi connectivity index (χ0v) is 12.3. The van der Waals surface area contributed by atoms with Crippen LogP contribution in [-0.2, 0) is 6.54 Å². The van der Waals surface area contributed by atoms with Crippen molar-refractivity contribution in [3.8, 4) is 11.8 Å². The Morgan fingerprint density at radius 2 is 2.24 bits per heavy atom. The molecule has 0 saturated heterocycles. The van der Waals surface area contributed by atoms with E-state index in [0.29, 0.717) is 28.5 Å². The highest BCUT2D eigenvalue weighted by Gasteiger charge is 2.12. The van der Waals surface area contributed by atoms with Crippen molar-refractivity contribution >= 4 is 23.2 Å². The zero-order valence-electron chi connectivity index (χ0n) is 11.6. The Labute approximate surface area is 128 Å². The smallest absolute Gasteiger partial charge is 0.272 e. The maximum absolute atomic E-state index is 12.3. The number of hydrogen-bond donors (Lipinski definition) is 2. The second kappa shape index (κ2) is 6.98. The monoisotopic (exact) mass is 302 g/mol. The maximum Gasteiger partial charge on any atom is 0.272 e. The molecule has 21 heavy (non-hydrogen) atoms. The second-order valence-corrected chi connectivity index (χ2v) is 4.70. The first-order chi connectivity index (χ1) is 10.2. The first-order valence-corrected chi connectivity index (χ1v) is 6.89. The number of aliphatic hydroxyl groups is 1. The van der Waals surface area contributed by atoms with E-state index in [4.69, 9.17) is 16.7 Å². The molecule has 0 aliphatic rings. The number of carbonyl (C=O) groups excluding carboxylic acids is 1. The molecule has 0 aliphatic carbocycles. The third kappa shape index (κ3) is 3.66. The zero-order chi connectivity index (χ0) is 15.2. The predicted molar refractivity (Wildman–Crippen MR) is 83.5 cm³/mol. The first kappa shape index (κ1) is 15.2. The van der Waals surface area contributed by atoms with Gasteiger partial charge in [-0.3, -0.25) is 4.79 Å². The molecule has 0 fully saturated rings. The van der Waals surface area contributed by atoms with Gasteiger partial charge in [-0.15, -0.1) is 0 Å². The number of rotatable bonds is 3. The van der Waals surface area contributed by atoms with Crippen LogP contribution in [0.1, 0.15) is 23.0 Å². The lowest BCUT2D eigenvalue weighted by Gasteiger charge is -2.09. The van der Waals surface area contributed by atoms with E-state index in [1.54, 1.807) is 24.3 Å². The summed E-state index contributed by atoms with van der Waals surface area (Å²) in [5.41, 5.74) is 1.74. The van der Waals surface area contributed by atoms with Gasteiger partial charge in [0.15, 0.2) is 0 Å². The number of aliphatic hydroxyl groups excluding tert-OH is 1. The van der Waals surface area contributed by atoms with Gasteiger partial charge in [0, 0.05) is 18.3 Å². The number of nitrogens with one attached hydrogen (secondary N) is 1. The van der Waals surface area contributed by atoms with E-state index in [9.17, 15) is 4.79 Å². The Morgan fingerprint density at radius 3 is 2.95 bits per heavy atom. The molecule has 5 heteroatoms. The summed E-state index contributed by atoms with van der Waals surface area (Å²) in [4.78, 5) is 12.3. The molecule has 1 heterocycles. The minimum atomic E-state index is -0.226. The number of amides is 1. The molecule has 2 aromatic rings. The summed E-state index contributed by atoms with van der Waals surface area (Å²) < 4.78 is 1.85. The van der Waals surface area contributed by atoms with Crippen LogP contribution in [0.3, 0.4) is 0 Å². The largest absolute Gasteiger partial charge is 0.384 e. The molecule has 0 spiro atoms. The molecular formula is C16H15ClN2O2. The number of carbonyl (C=O) groups is 1. The summed E-state index contributed by atoms with van der Waals surface area (Å²) in [5, 5.41) is 11.9. The van der Waals surface area contributed by atoms with Crippen molar-refractivity contribution < 1.29 is 9.90 Å². The molecule has 0 radical (unpaired) electrons. The van der Waals surface area contributed by atoms with Crippen LogP contribution in [0.4, 0.5) is 5.69 Å². The van der Waals surface area contributed by atoms with E-state index < -0.39 is 0 Å². The summed E-state index contributed by atoms with van der Waals surface area (Å²) in [7, 11) is 0. The van der Waals surface area contributed by atoms with E-state index in [0.717, 1.165) is 0 Å². The van der Waals surface area contributed by atoms with Gasteiger partial charge in [-0.2, -0.15) is 0 Å². The third-order valence-corrected chi connectivity index (χ3v) is 3.26. The van der Waals surface area contributed by atoms with Gasteiger partial charge >= 0.3 is 0 Å². The molecule has 0 bridgehead atoms. The molecule has 0 saturated carbocycles. The lowest BCUT2D eigenvalue weighted by atomic mass is 10.2. The molecule has 108 valence electrons. The standard InChI is InChI=1S/C16H15ClN2O2/c1-2-19-9-3-6-15(19)16(21)18-14-11-12(5-4-10-20)7-8-13(14)17/h3,6-9,11,20H,2,10H2,1H3,(H,18,21). The summed E-state index contributed by atoms with van der Waals surface area (Å²) >= 11 is 6.09. The Kier molecular flexibility index (Phi) is 5.04. The average molecular weight is 303 g/mol.